The summed E-state index contributed by atoms with van der Waals surface area (Å²) < 4.78 is 10.6. The number of carbonyl (C=O) groups is 1. The molecule has 0 heterocycles. The Balaban J connectivity index is 2.38. The maximum Gasteiger partial charge on any atom is 0.260 e. The summed E-state index contributed by atoms with van der Waals surface area (Å²) in [5.74, 6) is 0.321. The molecule has 0 bridgehead atoms. The lowest BCUT2D eigenvalue weighted by molar-refractivity contribution is -0.127. The molecule has 4 nitrogen and oxygen atoms in total. The molecule has 0 spiro atoms. The fourth-order valence-electron chi connectivity index (χ4n) is 1.32. The van der Waals surface area contributed by atoms with Crippen LogP contribution in [0.15, 0.2) is 24.3 Å². The lowest BCUT2D eigenvalue weighted by atomic mass is 10.3. The van der Waals surface area contributed by atoms with Crippen molar-refractivity contribution in [3.63, 3.8) is 0 Å². The molecule has 0 radical (unpaired) electrons. The molecule has 1 N–H and O–H groups in total. The van der Waals surface area contributed by atoms with Crippen LogP contribution in [0.25, 0.3) is 0 Å². The van der Waals surface area contributed by atoms with E-state index in [9.17, 15) is 4.79 Å². The predicted molar refractivity (Wildman–Crippen MR) is 71.0 cm³/mol. The van der Waals surface area contributed by atoms with Crippen molar-refractivity contribution in [2.45, 2.75) is 20.0 Å². The van der Waals surface area contributed by atoms with Crippen molar-refractivity contribution in [3.8, 4) is 5.75 Å². The number of rotatable bonds is 7. The minimum atomic E-state index is -0.591. The predicted octanol–water partition coefficient (Wildman–Crippen LogP) is 2.26. The molecule has 0 aliphatic heterocycles. The number of halogens is 1. The monoisotopic (exact) mass is 271 g/mol. The molecule has 100 valence electrons. The third-order valence-corrected chi connectivity index (χ3v) is 2.57. The van der Waals surface area contributed by atoms with Gasteiger partial charge in [0, 0.05) is 13.2 Å². The van der Waals surface area contributed by atoms with Gasteiger partial charge in [-0.05, 0) is 26.0 Å². The number of carbonyl (C=O) groups excluding carboxylic acids is 1. The van der Waals surface area contributed by atoms with E-state index in [4.69, 9.17) is 21.1 Å². The molecule has 0 fully saturated rings. The lowest BCUT2D eigenvalue weighted by Gasteiger charge is -2.15. The Labute approximate surface area is 112 Å². The highest BCUT2D eigenvalue weighted by Gasteiger charge is 2.15. The van der Waals surface area contributed by atoms with Crippen molar-refractivity contribution in [3.05, 3.63) is 29.3 Å². The first-order chi connectivity index (χ1) is 8.65. The Morgan fingerprint density at radius 2 is 2.17 bits per heavy atom. The van der Waals surface area contributed by atoms with E-state index >= 15 is 0 Å². The van der Waals surface area contributed by atoms with Gasteiger partial charge in [0.15, 0.2) is 6.10 Å². The van der Waals surface area contributed by atoms with Gasteiger partial charge in [0.05, 0.1) is 11.6 Å². The molecule has 1 aromatic carbocycles. The summed E-state index contributed by atoms with van der Waals surface area (Å²) >= 11 is 5.94. The van der Waals surface area contributed by atoms with Gasteiger partial charge in [-0.15, -0.1) is 0 Å². The van der Waals surface area contributed by atoms with Crippen LogP contribution in [0.3, 0.4) is 0 Å². The summed E-state index contributed by atoms with van der Waals surface area (Å²) in [6.07, 6.45) is -0.591. The van der Waals surface area contributed by atoms with Crippen molar-refractivity contribution < 1.29 is 14.3 Å². The highest BCUT2D eigenvalue weighted by molar-refractivity contribution is 6.32. The maximum absolute atomic E-state index is 11.7. The van der Waals surface area contributed by atoms with Crippen molar-refractivity contribution in [1.82, 2.24) is 5.32 Å². The van der Waals surface area contributed by atoms with E-state index in [1.807, 2.05) is 13.0 Å². The molecular formula is C13H18ClNO3. The normalized spacial score (nSPS) is 11.9. The largest absolute Gasteiger partial charge is 0.479 e. The number of para-hydroxylation sites is 1. The Kier molecular flexibility index (Phi) is 6.54. The van der Waals surface area contributed by atoms with Gasteiger partial charge in [-0.2, -0.15) is 0 Å². The Morgan fingerprint density at radius 1 is 1.44 bits per heavy atom. The van der Waals surface area contributed by atoms with Gasteiger partial charge in [0.1, 0.15) is 5.75 Å². The van der Waals surface area contributed by atoms with Gasteiger partial charge in [-0.1, -0.05) is 23.7 Å². The number of nitrogens with one attached hydrogen (secondary N) is 1. The molecular weight excluding hydrogens is 254 g/mol. The maximum atomic E-state index is 11.7. The van der Waals surface area contributed by atoms with Crippen LogP contribution in [0, 0.1) is 0 Å². The minimum absolute atomic E-state index is 0.186. The van der Waals surface area contributed by atoms with Crippen LogP contribution in [-0.4, -0.2) is 31.8 Å². The van der Waals surface area contributed by atoms with Gasteiger partial charge in [-0.3, -0.25) is 4.79 Å². The summed E-state index contributed by atoms with van der Waals surface area (Å²) in [5.41, 5.74) is 0. The second kappa shape index (κ2) is 7.95. The zero-order chi connectivity index (χ0) is 13.4. The third-order valence-electron chi connectivity index (χ3n) is 2.26. The van der Waals surface area contributed by atoms with Crippen LogP contribution in [-0.2, 0) is 9.53 Å². The van der Waals surface area contributed by atoms with E-state index in [1.165, 1.54) is 0 Å². The summed E-state index contributed by atoms with van der Waals surface area (Å²) in [5, 5.41) is 3.22. The van der Waals surface area contributed by atoms with Crippen LogP contribution in [0.1, 0.15) is 13.8 Å². The molecule has 1 unspecified atom stereocenters. The summed E-state index contributed by atoms with van der Waals surface area (Å²) in [4.78, 5) is 11.7. The van der Waals surface area contributed by atoms with Gasteiger partial charge in [0.2, 0.25) is 0 Å². The van der Waals surface area contributed by atoms with E-state index in [0.717, 1.165) is 0 Å². The van der Waals surface area contributed by atoms with Crippen LogP contribution >= 0.6 is 11.6 Å². The molecule has 1 atom stereocenters. The molecule has 0 saturated carbocycles. The molecule has 0 aliphatic carbocycles. The van der Waals surface area contributed by atoms with Gasteiger partial charge in [-0.25, -0.2) is 0 Å². The highest BCUT2D eigenvalue weighted by Crippen LogP contribution is 2.24. The number of hydrogen-bond acceptors (Lipinski definition) is 3. The Bertz CT molecular complexity index is 384. The topological polar surface area (TPSA) is 47.6 Å². The molecule has 0 saturated heterocycles. The number of ether oxygens (including phenoxy) is 2. The molecule has 1 amide bonds. The summed E-state index contributed by atoms with van der Waals surface area (Å²) in [6, 6.07) is 7.06. The molecule has 1 rings (SSSR count). The van der Waals surface area contributed by atoms with Crippen molar-refractivity contribution >= 4 is 17.5 Å². The Morgan fingerprint density at radius 3 is 2.83 bits per heavy atom. The van der Waals surface area contributed by atoms with Crippen molar-refractivity contribution in [1.29, 1.82) is 0 Å². The molecule has 5 heteroatoms. The second-order valence-corrected chi connectivity index (χ2v) is 4.09. The quantitative estimate of drug-likeness (QED) is 0.774. The van der Waals surface area contributed by atoms with Crippen LogP contribution in [0.5, 0.6) is 5.75 Å². The smallest absolute Gasteiger partial charge is 0.260 e. The van der Waals surface area contributed by atoms with Gasteiger partial charge in [0.25, 0.3) is 5.91 Å². The summed E-state index contributed by atoms with van der Waals surface area (Å²) in [6.45, 7) is 5.20. The zero-order valence-corrected chi connectivity index (χ0v) is 11.4. The van der Waals surface area contributed by atoms with E-state index in [2.05, 4.69) is 5.32 Å². The van der Waals surface area contributed by atoms with Crippen LogP contribution < -0.4 is 10.1 Å². The van der Waals surface area contributed by atoms with E-state index < -0.39 is 6.10 Å². The third kappa shape index (κ3) is 4.94. The fourth-order valence-corrected chi connectivity index (χ4v) is 1.50. The van der Waals surface area contributed by atoms with Crippen LogP contribution in [0.4, 0.5) is 0 Å². The number of amides is 1. The molecule has 18 heavy (non-hydrogen) atoms. The van der Waals surface area contributed by atoms with Crippen molar-refractivity contribution in [2.24, 2.45) is 0 Å². The Hall–Kier alpha value is -1.26. The average molecular weight is 272 g/mol. The molecule has 0 aliphatic rings. The van der Waals surface area contributed by atoms with Crippen molar-refractivity contribution in [2.75, 3.05) is 19.8 Å². The average Bonchev–Trinajstić information content (AvgIpc) is 2.37. The lowest BCUT2D eigenvalue weighted by Crippen LogP contribution is -2.38. The molecule has 0 aromatic heterocycles. The standard InChI is InChI=1S/C13H18ClNO3/c1-3-17-9-8-15-13(16)10(2)18-12-7-5-4-6-11(12)14/h4-7,10H,3,8-9H2,1-2H3,(H,15,16). The first-order valence-electron chi connectivity index (χ1n) is 5.91. The summed E-state index contributed by atoms with van der Waals surface area (Å²) in [7, 11) is 0. The first-order valence-corrected chi connectivity index (χ1v) is 6.29. The van der Waals surface area contributed by atoms with E-state index in [0.29, 0.717) is 30.5 Å². The SMILES string of the molecule is CCOCCNC(=O)C(C)Oc1ccccc1Cl. The van der Waals surface area contributed by atoms with Gasteiger partial charge < -0.3 is 14.8 Å². The number of benzene rings is 1. The zero-order valence-electron chi connectivity index (χ0n) is 10.6. The van der Waals surface area contributed by atoms with Crippen LogP contribution in [0.2, 0.25) is 5.02 Å². The van der Waals surface area contributed by atoms with E-state index in [1.54, 1.807) is 25.1 Å². The fraction of sp³-hybridized carbons (Fsp3) is 0.462. The number of hydrogen-bond donors (Lipinski definition) is 1. The first kappa shape index (κ1) is 14.8. The highest BCUT2D eigenvalue weighted by atomic mass is 35.5. The van der Waals surface area contributed by atoms with E-state index in [-0.39, 0.29) is 5.91 Å². The minimum Gasteiger partial charge on any atom is -0.479 e. The second-order valence-electron chi connectivity index (χ2n) is 3.68. The molecule has 1 aromatic rings. The van der Waals surface area contributed by atoms with Gasteiger partial charge >= 0.3 is 0 Å².